The fraction of sp³-hybridized carbons (Fsp3) is 0.364. The van der Waals surface area contributed by atoms with Crippen LogP contribution in [-0.2, 0) is 18.9 Å². The van der Waals surface area contributed by atoms with Crippen LogP contribution in [0.3, 0.4) is 0 Å². The van der Waals surface area contributed by atoms with Crippen LogP contribution >= 0.6 is 35.3 Å². The maximum absolute atomic E-state index is 14.2. The molecule has 3 rings (SSSR count). The molecule has 0 aliphatic heterocycles. The van der Waals surface area contributed by atoms with Crippen molar-refractivity contribution in [2.24, 2.45) is 7.05 Å². The fourth-order valence-corrected chi connectivity index (χ4v) is 4.18. The molecule has 0 saturated carbocycles. The van der Waals surface area contributed by atoms with Gasteiger partial charge in [0.15, 0.2) is 5.82 Å². The molecule has 0 radical (unpaired) electrons. The van der Waals surface area contributed by atoms with Crippen LogP contribution in [0.15, 0.2) is 41.3 Å². The average Bonchev–Trinajstić information content (AvgIpc) is 3.06. The first kappa shape index (κ1) is 23.0. The van der Waals surface area contributed by atoms with E-state index >= 15 is 0 Å². The Kier molecular flexibility index (Phi) is 7.37. The molecule has 1 N–H and O–H groups in total. The van der Waals surface area contributed by atoms with Crippen molar-refractivity contribution in [1.82, 2.24) is 14.8 Å². The lowest BCUT2D eigenvalue weighted by Crippen LogP contribution is -2.10. The molecule has 4 nitrogen and oxygen atoms in total. The first-order chi connectivity index (χ1) is 14.2. The van der Waals surface area contributed by atoms with Gasteiger partial charge in [-0.2, -0.15) is 11.8 Å². The summed E-state index contributed by atoms with van der Waals surface area (Å²) in [7, 11) is 1.92. The van der Waals surface area contributed by atoms with Crippen LogP contribution in [-0.4, -0.2) is 26.8 Å². The molecular weight excluding hydrogens is 439 g/mol. The molecule has 1 heterocycles. The Morgan fingerprint density at radius 1 is 1.13 bits per heavy atom. The zero-order valence-corrected chi connectivity index (χ0v) is 20.2. The van der Waals surface area contributed by atoms with Crippen molar-refractivity contribution in [3.63, 3.8) is 0 Å². The monoisotopic (exact) mass is 464 g/mol. The molecule has 0 spiro atoms. The normalized spacial score (nSPS) is 11.7. The Balaban J connectivity index is 1.87. The summed E-state index contributed by atoms with van der Waals surface area (Å²) in [5.74, 6) is 2.02. The van der Waals surface area contributed by atoms with Crippen LogP contribution < -0.4 is 4.72 Å². The Morgan fingerprint density at radius 2 is 1.83 bits per heavy atom. The quantitative estimate of drug-likeness (QED) is 0.399. The topological polar surface area (TPSA) is 42.7 Å². The highest BCUT2D eigenvalue weighted by molar-refractivity contribution is 8.00. The summed E-state index contributed by atoms with van der Waals surface area (Å²) in [6, 6.07) is 11.4. The van der Waals surface area contributed by atoms with Gasteiger partial charge in [-0.15, -0.1) is 10.2 Å². The van der Waals surface area contributed by atoms with Crippen LogP contribution in [0.5, 0.6) is 0 Å². The number of nitrogens with zero attached hydrogens (tertiary/aromatic N) is 3. The second-order valence-electron chi connectivity index (χ2n) is 8.03. The minimum atomic E-state index is -0.476. The highest BCUT2D eigenvalue weighted by Gasteiger charge is 2.18. The molecule has 0 saturated heterocycles. The van der Waals surface area contributed by atoms with Gasteiger partial charge >= 0.3 is 0 Å². The van der Waals surface area contributed by atoms with Gasteiger partial charge < -0.3 is 9.29 Å². The lowest BCUT2D eigenvalue weighted by molar-refractivity contribution is 0.590. The smallest absolute Gasteiger partial charge is 0.165 e. The SMILES string of the molecule is CSCCc1nnc(-c2cc(Cl)c(F)cc2NSc2ccc(C(C)(C)C)cc2)n1C. The molecule has 0 aliphatic rings. The number of thioether (sulfide) groups is 1. The molecule has 8 heteroatoms. The van der Waals surface area contributed by atoms with Crippen LogP contribution in [0.2, 0.25) is 5.02 Å². The molecule has 0 bridgehead atoms. The third-order valence-corrected chi connectivity index (χ3v) is 6.53. The molecule has 0 atom stereocenters. The number of rotatable bonds is 7. The molecule has 0 unspecified atom stereocenters. The Hall–Kier alpha value is -1.70. The summed E-state index contributed by atoms with van der Waals surface area (Å²) < 4.78 is 19.4. The molecule has 0 aliphatic carbocycles. The van der Waals surface area contributed by atoms with E-state index < -0.39 is 5.82 Å². The number of halogens is 2. The Labute approximate surface area is 191 Å². The van der Waals surface area contributed by atoms with Crippen LogP contribution in [0.25, 0.3) is 11.4 Å². The van der Waals surface area contributed by atoms with Gasteiger partial charge in [-0.1, -0.05) is 44.5 Å². The summed E-state index contributed by atoms with van der Waals surface area (Å²) in [6.45, 7) is 6.56. The molecule has 0 amide bonds. The van der Waals surface area contributed by atoms with Gasteiger partial charge in [0, 0.05) is 35.7 Å². The number of anilines is 1. The third-order valence-electron chi connectivity index (χ3n) is 4.80. The van der Waals surface area contributed by atoms with Crippen LogP contribution in [0.1, 0.15) is 32.2 Å². The van der Waals surface area contributed by atoms with Crippen molar-refractivity contribution in [3.8, 4) is 11.4 Å². The minimum Gasteiger partial charge on any atom is -0.325 e. The average molecular weight is 465 g/mol. The fourth-order valence-electron chi connectivity index (χ4n) is 2.96. The molecule has 1 aromatic heterocycles. The van der Waals surface area contributed by atoms with E-state index in [0.717, 1.165) is 22.9 Å². The van der Waals surface area contributed by atoms with Crippen molar-refractivity contribution in [2.75, 3.05) is 16.7 Å². The van der Waals surface area contributed by atoms with Crippen molar-refractivity contribution < 1.29 is 4.39 Å². The molecule has 2 aromatic carbocycles. The minimum absolute atomic E-state index is 0.0590. The van der Waals surface area contributed by atoms with Crippen molar-refractivity contribution in [3.05, 3.63) is 58.6 Å². The lowest BCUT2D eigenvalue weighted by Gasteiger charge is -2.19. The van der Waals surface area contributed by atoms with Gasteiger partial charge in [0.2, 0.25) is 0 Å². The zero-order valence-electron chi connectivity index (χ0n) is 17.8. The van der Waals surface area contributed by atoms with Gasteiger partial charge in [-0.05, 0) is 47.4 Å². The Bertz CT molecular complexity index is 1010. The van der Waals surface area contributed by atoms with Gasteiger partial charge in [-0.25, -0.2) is 4.39 Å². The van der Waals surface area contributed by atoms with Crippen LogP contribution in [0, 0.1) is 5.82 Å². The number of hydrogen-bond donors (Lipinski definition) is 1. The Morgan fingerprint density at radius 3 is 2.47 bits per heavy atom. The predicted octanol–water partition coefficient (Wildman–Crippen LogP) is 6.60. The first-order valence-electron chi connectivity index (χ1n) is 9.60. The van der Waals surface area contributed by atoms with Crippen molar-refractivity contribution >= 4 is 41.0 Å². The summed E-state index contributed by atoms with van der Waals surface area (Å²) in [5.41, 5.74) is 2.68. The second kappa shape index (κ2) is 9.62. The van der Waals surface area contributed by atoms with E-state index in [1.807, 2.05) is 11.6 Å². The summed E-state index contributed by atoms with van der Waals surface area (Å²) >= 11 is 9.27. The lowest BCUT2D eigenvalue weighted by atomic mass is 9.87. The van der Waals surface area contributed by atoms with Crippen molar-refractivity contribution in [2.45, 2.75) is 37.5 Å². The highest BCUT2D eigenvalue weighted by atomic mass is 35.5. The number of benzene rings is 2. The largest absolute Gasteiger partial charge is 0.325 e. The maximum Gasteiger partial charge on any atom is 0.165 e. The van der Waals surface area contributed by atoms with E-state index in [1.54, 1.807) is 17.8 Å². The van der Waals surface area contributed by atoms with E-state index in [0.29, 0.717) is 17.1 Å². The maximum atomic E-state index is 14.2. The van der Waals surface area contributed by atoms with E-state index in [9.17, 15) is 4.39 Å². The van der Waals surface area contributed by atoms with E-state index in [-0.39, 0.29) is 10.4 Å². The summed E-state index contributed by atoms with van der Waals surface area (Å²) in [6.07, 6.45) is 2.88. The molecule has 30 heavy (non-hydrogen) atoms. The van der Waals surface area contributed by atoms with Crippen LogP contribution in [0.4, 0.5) is 10.1 Å². The van der Waals surface area contributed by atoms with Gasteiger partial charge in [-0.3, -0.25) is 0 Å². The van der Waals surface area contributed by atoms with E-state index in [2.05, 4.69) is 66.2 Å². The summed E-state index contributed by atoms with van der Waals surface area (Å²) in [5, 5.41) is 8.70. The third kappa shape index (κ3) is 5.31. The van der Waals surface area contributed by atoms with E-state index in [1.165, 1.54) is 23.6 Å². The molecule has 0 fully saturated rings. The second-order valence-corrected chi connectivity index (χ2v) is 10.3. The van der Waals surface area contributed by atoms with Gasteiger partial charge in [0.1, 0.15) is 11.6 Å². The predicted molar refractivity (Wildman–Crippen MR) is 128 cm³/mol. The molecule has 160 valence electrons. The van der Waals surface area contributed by atoms with Gasteiger partial charge in [0.25, 0.3) is 0 Å². The zero-order chi connectivity index (χ0) is 21.9. The first-order valence-corrected chi connectivity index (χ1v) is 12.2. The summed E-state index contributed by atoms with van der Waals surface area (Å²) in [4.78, 5) is 1.03. The number of hydrogen-bond acceptors (Lipinski definition) is 5. The van der Waals surface area contributed by atoms with E-state index in [4.69, 9.17) is 11.6 Å². The highest BCUT2D eigenvalue weighted by Crippen LogP contribution is 2.35. The van der Waals surface area contributed by atoms with Crippen molar-refractivity contribution in [1.29, 1.82) is 0 Å². The number of aryl methyl sites for hydroxylation is 1. The number of aromatic nitrogens is 3. The molecule has 3 aromatic rings. The van der Waals surface area contributed by atoms with Gasteiger partial charge in [0.05, 0.1) is 10.7 Å². The molecular formula is C22H26ClFN4S2. The number of nitrogens with one attached hydrogen (secondary N) is 1. The standard InChI is InChI=1S/C22H26ClFN4S2/c1-22(2,3)14-6-8-15(9-7-14)30-27-19-13-18(24)17(23)12-16(19)21-26-25-20(28(21)4)10-11-29-5/h6-9,12-13,27H,10-11H2,1-5H3.